The molecule has 1 aromatic carbocycles. The van der Waals surface area contributed by atoms with E-state index in [4.69, 9.17) is 0 Å². The number of aromatic nitrogens is 2. The van der Waals surface area contributed by atoms with Crippen molar-refractivity contribution in [2.45, 2.75) is 0 Å². The van der Waals surface area contributed by atoms with Gasteiger partial charge in [-0.3, -0.25) is 5.10 Å². The van der Waals surface area contributed by atoms with Gasteiger partial charge in [0.25, 0.3) is 0 Å². The molecular weight excluding hydrogens is 206 g/mol. The molecule has 0 aliphatic rings. The molecule has 1 aromatic heterocycles. The first-order valence-electron chi connectivity index (χ1n) is 4.20. The molecule has 0 aliphatic heterocycles. The predicted octanol–water partition coefficient (Wildman–Crippen LogP) is -2.42. The molecule has 0 amide bonds. The number of aromatic carboxylic acids is 1. The van der Waals surface area contributed by atoms with Crippen LogP contribution >= 0.6 is 0 Å². The maximum atomic E-state index is 13.6. The van der Waals surface area contributed by atoms with Gasteiger partial charge in [0, 0.05) is 17.3 Å². The zero-order valence-corrected chi connectivity index (χ0v) is 8.53. The molecule has 0 bridgehead atoms. The molecule has 0 spiro atoms. The molecule has 76 valence electrons. The van der Waals surface area contributed by atoms with Crippen LogP contribution in [0.1, 0.15) is 10.4 Å². The van der Waals surface area contributed by atoms with Crippen LogP contribution in [-0.4, -0.2) is 16.2 Å². The fourth-order valence-electron chi connectivity index (χ4n) is 1.30. The van der Waals surface area contributed by atoms with Crippen molar-refractivity contribution in [1.29, 1.82) is 0 Å². The van der Waals surface area contributed by atoms with Gasteiger partial charge in [0.15, 0.2) is 0 Å². The number of carboxylic acids is 1. The molecule has 0 fully saturated rings. The molecule has 2 rings (SSSR count). The molecule has 16 heavy (non-hydrogen) atoms. The number of carbonyl (C=O) groups excluding carboxylic acids is 1. The van der Waals surface area contributed by atoms with E-state index in [0.717, 1.165) is 6.07 Å². The number of aromatic amines is 1. The van der Waals surface area contributed by atoms with Crippen LogP contribution in [0.15, 0.2) is 30.5 Å². The van der Waals surface area contributed by atoms with Crippen molar-refractivity contribution in [3.8, 4) is 11.3 Å². The Morgan fingerprint density at radius 1 is 1.38 bits per heavy atom. The van der Waals surface area contributed by atoms with Gasteiger partial charge in [-0.1, -0.05) is 12.1 Å². The van der Waals surface area contributed by atoms with Gasteiger partial charge >= 0.3 is 18.9 Å². The van der Waals surface area contributed by atoms with E-state index in [0.29, 0.717) is 5.69 Å². The molecule has 0 saturated carbocycles. The summed E-state index contributed by atoms with van der Waals surface area (Å²) in [4.78, 5) is 10.6. The first-order chi connectivity index (χ1) is 7.20. The molecule has 6 heteroatoms. The molecule has 0 saturated heterocycles. The Morgan fingerprint density at radius 3 is 2.69 bits per heavy atom. The standard InChI is InChI=1S/C10H7FN2O2.Li/c11-9-6(8-4-5-12-13-8)2-1-3-7(9)10(14)15;/h1-5H,(H,12,13)(H,14,15);/q;+1/p-1. The van der Waals surface area contributed by atoms with Crippen molar-refractivity contribution in [1.82, 2.24) is 10.2 Å². The topological polar surface area (TPSA) is 68.8 Å². The zero-order chi connectivity index (χ0) is 10.8. The Hall–Kier alpha value is -1.57. The third-order valence-corrected chi connectivity index (χ3v) is 2.01. The van der Waals surface area contributed by atoms with Gasteiger partial charge < -0.3 is 9.90 Å². The van der Waals surface area contributed by atoms with Gasteiger partial charge in [-0.25, -0.2) is 4.39 Å². The molecular formula is C10H6FLiN2O2. The number of hydrogen-bond acceptors (Lipinski definition) is 3. The molecule has 1 heterocycles. The van der Waals surface area contributed by atoms with Crippen LogP contribution < -0.4 is 24.0 Å². The summed E-state index contributed by atoms with van der Waals surface area (Å²) in [6, 6.07) is 5.63. The van der Waals surface area contributed by atoms with Gasteiger partial charge in [-0.15, -0.1) is 0 Å². The minimum Gasteiger partial charge on any atom is -0.545 e. The fourth-order valence-corrected chi connectivity index (χ4v) is 1.30. The van der Waals surface area contributed by atoms with Crippen LogP contribution in [0, 0.1) is 5.82 Å². The smallest absolute Gasteiger partial charge is 0.545 e. The van der Waals surface area contributed by atoms with Crippen LogP contribution in [-0.2, 0) is 0 Å². The maximum absolute atomic E-state index is 13.6. The van der Waals surface area contributed by atoms with Crippen molar-refractivity contribution in [2.75, 3.05) is 0 Å². The number of nitrogens with zero attached hydrogens (tertiary/aromatic N) is 1. The van der Waals surface area contributed by atoms with Gasteiger partial charge in [0.05, 0.1) is 11.7 Å². The van der Waals surface area contributed by atoms with E-state index in [1.54, 1.807) is 6.07 Å². The first-order valence-corrected chi connectivity index (χ1v) is 4.20. The molecule has 2 aromatic rings. The minimum absolute atomic E-state index is 0. The number of rotatable bonds is 2. The Bertz CT molecular complexity index is 500. The summed E-state index contributed by atoms with van der Waals surface area (Å²) in [7, 11) is 0. The number of H-pyrrole nitrogens is 1. The quantitative estimate of drug-likeness (QED) is 0.563. The summed E-state index contributed by atoms with van der Waals surface area (Å²) >= 11 is 0. The van der Waals surface area contributed by atoms with E-state index in [1.165, 1.54) is 18.3 Å². The molecule has 0 atom stereocenters. The van der Waals surface area contributed by atoms with E-state index >= 15 is 0 Å². The summed E-state index contributed by atoms with van der Waals surface area (Å²) < 4.78 is 13.6. The molecule has 1 N–H and O–H groups in total. The molecule has 4 nitrogen and oxygen atoms in total. The maximum Gasteiger partial charge on any atom is 1.00 e. The fraction of sp³-hybridized carbons (Fsp3) is 0. The van der Waals surface area contributed by atoms with Crippen molar-refractivity contribution >= 4 is 5.97 Å². The second-order valence-electron chi connectivity index (χ2n) is 2.92. The van der Waals surface area contributed by atoms with Crippen LogP contribution in [0.3, 0.4) is 0 Å². The molecule has 0 unspecified atom stereocenters. The van der Waals surface area contributed by atoms with Crippen LogP contribution in [0.25, 0.3) is 11.3 Å². The summed E-state index contributed by atoms with van der Waals surface area (Å²) in [6.45, 7) is 0. The van der Waals surface area contributed by atoms with Crippen molar-refractivity contribution in [2.24, 2.45) is 0 Å². The van der Waals surface area contributed by atoms with Crippen LogP contribution in [0.2, 0.25) is 0 Å². The van der Waals surface area contributed by atoms with E-state index in [9.17, 15) is 14.3 Å². The normalized spacial score (nSPS) is 9.56. The molecule has 0 aliphatic carbocycles. The van der Waals surface area contributed by atoms with Gasteiger partial charge in [0.1, 0.15) is 5.82 Å². The zero-order valence-electron chi connectivity index (χ0n) is 8.53. The number of carboxylic acid groups (broad SMARTS) is 1. The summed E-state index contributed by atoms with van der Waals surface area (Å²) in [6.07, 6.45) is 1.46. The number of carbonyl (C=O) groups is 1. The Labute approximate surface area is 103 Å². The van der Waals surface area contributed by atoms with Crippen LogP contribution in [0.5, 0.6) is 0 Å². The SMILES string of the molecule is O=C([O-])c1cccc(-c2ccn[nH]2)c1F.[Li+]. The van der Waals surface area contributed by atoms with Crippen molar-refractivity contribution < 1.29 is 33.2 Å². The summed E-state index contributed by atoms with van der Waals surface area (Å²) in [5.41, 5.74) is 0.131. The summed E-state index contributed by atoms with van der Waals surface area (Å²) in [5, 5.41) is 16.8. The number of hydrogen-bond donors (Lipinski definition) is 1. The third-order valence-electron chi connectivity index (χ3n) is 2.01. The number of benzene rings is 1. The Kier molecular flexibility index (Phi) is 3.88. The van der Waals surface area contributed by atoms with Gasteiger partial charge in [-0.05, 0) is 12.1 Å². The van der Waals surface area contributed by atoms with E-state index in [-0.39, 0.29) is 24.4 Å². The predicted molar refractivity (Wildman–Crippen MR) is 48.3 cm³/mol. The number of halogens is 1. The number of nitrogens with one attached hydrogen (secondary N) is 1. The average Bonchev–Trinajstić information content (AvgIpc) is 2.70. The third kappa shape index (κ3) is 2.16. The van der Waals surface area contributed by atoms with Gasteiger partial charge in [-0.2, -0.15) is 5.10 Å². The second-order valence-corrected chi connectivity index (χ2v) is 2.92. The average molecular weight is 212 g/mol. The minimum atomic E-state index is -1.53. The Balaban J connectivity index is 0.00000128. The molecule has 0 radical (unpaired) electrons. The van der Waals surface area contributed by atoms with Crippen LogP contribution in [0.4, 0.5) is 4.39 Å². The summed E-state index contributed by atoms with van der Waals surface area (Å²) in [5.74, 6) is -2.35. The second kappa shape index (κ2) is 4.97. The van der Waals surface area contributed by atoms with E-state index < -0.39 is 17.3 Å². The van der Waals surface area contributed by atoms with Crippen molar-refractivity contribution in [3.05, 3.63) is 41.8 Å². The first kappa shape index (κ1) is 12.5. The Morgan fingerprint density at radius 2 is 2.12 bits per heavy atom. The van der Waals surface area contributed by atoms with E-state index in [2.05, 4.69) is 10.2 Å². The van der Waals surface area contributed by atoms with Gasteiger partial charge in [0.2, 0.25) is 0 Å². The van der Waals surface area contributed by atoms with Crippen molar-refractivity contribution in [3.63, 3.8) is 0 Å². The van der Waals surface area contributed by atoms with E-state index in [1.807, 2.05) is 0 Å². The largest absolute Gasteiger partial charge is 1.00 e. The monoisotopic (exact) mass is 212 g/mol.